The van der Waals surface area contributed by atoms with E-state index >= 15 is 0 Å². The van der Waals surface area contributed by atoms with Crippen molar-refractivity contribution in [1.82, 2.24) is 0 Å². The van der Waals surface area contributed by atoms with Gasteiger partial charge in [-0.05, 0) is 103 Å². The molecule has 0 saturated heterocycles. The summed E-state index contributed by atoms with van der Waals surface area (Å²) in [6.45, 7) is 2.81. The van der Waals surface area contributed by atoms with E-state index in [1.807, 2.05) is 72.8 Å². The molecule has 0 saturated carbocycles. The Kier molecular flexibility index (Phi) is 8.29. The van der Waals surface area contributed by atoms with Gasteiger partial charge in [0, 0.05) is 0 Å². The van der Waals surface area contributed by atoms with Gasteiger partial charge in [-0.15, -0.1) is 0 Å². The molecule has 0 radical (unpaired) electrons. The number of aromatic hydroxyl groups is 2. The zero-order valence-electron chi connectivity index (χ0n) is 20.1. The maximum atomic E-state index is 9.44. The minimum Gasteiger partial charge on any atom is -0.508 e. The Morgan fingerprint density at radius 1 is 0.543 bits per heavy atom. The van der Waals surface area contributed by atoms with E-state index < -0.39 is 0 Å². The quantitative estimate of drug-likeness (QED) is 0.220. The number of hydrogen-bond acceptors (Lipinski definition) is 4. The maximum absolute atomic E-state index is 9.44. The molecule has 0 aromatic heterocycles. The smallest absolute Gasteiger partial charge is 0.119 e. The van der Waals surface area contributed by atoms with Crippen LogP contribution in [0.4, 0.5) is 0 Å². The fraction of sp³-hybridized carbons (Fsp3) is 0.226. The molecule has 180 valence electrons. The molecule has 4 nitrogen and oxygen atoms in total. The van der Waals surface area contributed by atoms with Gasteiger partial charge in [0.25, 0.3) is 0 Å². The maximum Gasteiger partial charge on any atom is 0.119 e. The lowest BCUT2D eigenvalue weighted by atomic mass is 10.1. The fourth-order valence-corrected chi connectivity index (χ4v) is 3.97. The Morgan fingerprint density at radius 2 is 0.971 bits per heavy atom. The fourth-order valence-electron chi connectivity index (χ4n) is 3.97. The summed E-state index contributed by atoms with van der Waals surface area (Å²) in [5.41, 5.74) is 4.33. The molecule has 4 aromatic carbocycles. The Balaban J connectivity index is 1.12. The molecule has 2 N–H and O–H groups in total. The minimum atomic E-state index is 0.155. The summed E-state index contributed by atoms with van der Waals surface area (Å²) in [5, 5.41) is 18.9. The SMILES string of the molecule is CC(CCCCCOc1ccc(-c2ccc(O)cc2)cc1)Oc1ccc(-c2ccc(O)cc2)cc1. The second-order valence-electron chi connectivity index (χ2n) is 8.77. The van der Waals surface area contributed by atoms with Gasteiger partial charge in [0.15, 0.2) is 0 Å². The van der Waals surface area contributed by atoms with Gasteiger partial charge < -0.3 is 19.7 Å². The van der Waals surface area contributed by atoms with E-state index in [1.165, 1.54) is 0 Å². The van der Waals surface area contributed by atoms with Crippen molar-refractivity contribution in [3.05, 3.63) is 97.1 Å². The third-order valence-corrected chi connectivity index (χ3v) is 5.97. The predicted octanol–water partition coefficient (Wildman–Crippen LogP) is 7.84. The number of benzene rings is 4. The van der Waals surface area contributed by atoms with Crippen molar-refractivity contribution in [2.24, 2.45) is 0 Å². The summed E-state index contributed by atoms with van der Waals surface area (Å²) < 4.78 is 12.0. The number of ether oxygens (including phenoxy) is 2. The summed E-state index contributed by atoms with van der Waals surface area (Å²) in [5.74, 6) is 2.30. The highest BCUT2D eigenvalue weighted by Gasteiger charge is 2.06. The number of rotatable bonds is 11. The number of unbranched alkanes of at least 4 members (excludes halogenated alkanes) is 2. The van der Waals surface area contributed by atoms with Gasteiger partial charge in [0.05, 0.1) is 12.7 Å². The molecule has 4 aromatic rings. The molecule has 4 rings (SSSR count). The van der Waals surface area contributed by atoms with Crippen LogP contribution in [-0.2, 0) is 0 Å². The number of hydrogen-bond donors (Lipinski definition) is 2. The molecule has 1 atom stereocenters. The molecular weight excluding hydrogens is 436 g/mol. The lowest BCUT2D eigenvalue weighted by molar-refractivity contribution is 0.204. The first kappa shape index (κ1) is 24.2. The van der Waals surface area contributed by atoms with E-state index in [2.05, 4.69) is 6.92 Å². The van der Waals surface area contributed by atoms with Gasteiger partial charge in [-0.2, -0.15) is 0 Å². The monoisotopic (exact) mass is 468 g/mol. The van der Waals surface area contributed by atoms with Crippen LogP contribution in [0, 0.1) is 0 Å². The summed E-state index contributed by atoms with van der Waals surface area (Å²) in [4.78, 5) is 0. The Morgan fingerprint density at radius 3 is 1.46 bits per heavy atom. The zero-order chi connectivity index (χ0) is 24.5. The van der Waals surface area contributed by atoms with Crippen LogP contribution in [-0.4, -0.2) is 22.9 Å². The van der Waals surface area contributed by atoms with Gasteiger partial charge in [-0.1, -0.05) is 48.5 Å². The average molecular weight is 469 g/mol. The molecule has 0 aliphatic rings. The van der Waals surface area contributed by atoms with Gasteiger partial charge in [0.1, 0.15) is 23.0 Å². The van der Waals surface area contributed by atoms with Crippen molar-refractivity contribution in [1.29, 1.82) is 0 Å². The molecule has 35 heavy (non-hydrogen) atoms. The molecule has 0 heterocycles. The van der Waals surface area contributed by atoms with E-state index in [9.17, 15) is 10.2 Å². The highest BCUT2D eigenvalue weighted by molar-refractivity contribution is 5.65. The van der Waals surface area contributed by atoms with Crippen molar-refractivity contribution < 1.29 is 19.7 Å². The minimum absolute atomic E-state index is 0.155. The standard InChI is InChI=1S/C31H32O4/c1-23(35-31-20-12-27(13-21-31)25-8-16-29(33)17-9-25)5-3-2-4-22-34-30-18-10-26(11-19-30)24-6-14-28(32)15-7-24/h6-21,23,32-33H,2-5,22H2,1H3. The zero-order valence-corrected chi connectivity index (χ0v) is 20.1. The molecule has 0 aliphatic carbocycles. The van der Waals surface area contributed by atoms with Gasteiger partial charge in [-0.25, -0.2) is 0 Å². The molecular formula is C31H32O4. The normalized spacial score (nSPS) is 11.7. The van der Waals surface area contributed by atoms with E-state index in [1.54, 1.807) is 24.3 Å². The first-order valence-electron chi connectivity index (χ1n) is 12.2. The van der Waals surface area contributed by atoms with Crippen LogP contribution >= 0.6 is 0 Å². The third-order valence-electron chi connectivity index (χ3n) is 5.97. The highest BCUT2D eigenvalue weighted by Crippen LogP contribution is 2.26. The van der Waals surface area contributed by atoms with E-state index in [0.717, 1.165) is 59.4 Å². The van der Waals surface area contributed by atoms with E-state index in [-0.39, 0.29) is 17.6 Å². The topological polar surface area (TPSA) is 58.9 Å². The van der Waals surface area contributed by atoms with Crippen molar-refractivity contribution in [2.75, 3.05) is 6.61 Å². The van der Waals surface area contributed by atoms with Crippen LogP contribution < -0.4 is 9.47 Å². The molecule has 0 bridgehead atoms. The second-order valence-corrected chi connectivity index (χ2v) is 8.77. The summed E-state index contributed by atoms with van der Waals surface area (Å²) >= 11 is 0. The van der Waals surface area contributed by atoms with Gasteiger partial charge >= 0.3 is 0 Å². The lowest BCUT2D eigenvalue weighted by Gasteiger charge is -2.15. The van der Waals surface area contributed by atoms with E-state index in [0.29, 0.717) is 6.61 Å². The first-order chi connectivity index (χ1) is 17.1. The van der Waals surface area contributed by atoms with Crippen molar-refractivity contribution >= 4 is 0 Å². The molecule has 1 unspecified atom stereocenters. The number of phenols is 2. The Bertz CT molecular complexity index is 1160. The van der Waals surface area contributed by atoms with Crippen LogP contribution in [0.15, 0.2) is 97.1 Å². The van der Waals surface area contributed by atoms with Gasteiger partial charge in [0.2, 0.25) is 0 Å². The molecule has 0 spiro atoms. The first-order valence-corrected chi connectivity index (χ1v) is 12.2. The van der Waals surface area contributed by atoms with Crippen LogP contribution in [0.25, 0.3) is 22.3 Å². The van der Waals surface area contributed by atoms with Crippen molar-refractivity contribution in [2.45, 2.75) is 38.7 Å². The number of phenolic OH excluding ortho intramolecular Hbond substituents is 2. The molecule has 4 heteroatoms. The molecule has 0 fully saturated rings. The van der Waals surface area contributed by atoms with E-state index in [4.69, 9.17) is 9.47 Å². The molecule has 0 amide bonds. The Hall–Kier alpha value is -3.92. The van der Waals surface area contributed by atoms with Crippen LogP contribution in [0.5, 0.6) is 23.0 Å². The van der Waals surface area contributed by atoms with Crippen LogP contribution in [0.2, 0.25) is 0 Å². The summed E-state index contributed by atoms with van der Waals surface area (Å²) in [7, 11) is 0. The third kappa shape index (κ3) is 7.28. The summed E-state index contributed by atoms with van der Waals surface area (Å²) in [6.07, 6.45) is 4.35. The van der Waals surface area contributed by atoms with Crippen molar-refractivity contribution in [3.63, 3.8) is 0 Å². The summed E-state index contributed by atoms with van der Waals surface area (Å²) in [6, 6.07) is 30.6. The average Bonchev–Trinajstić information content (AvgIpc) is 2.88. The van der Waals surface area contributed by atoms with Crippen molar-refractivity contribution in [3.8, 4) is 45.3 Å². The van der Waals surface area contributed by atoms with Gasteiger partial charge in [-0.3, -0.25) is 0 Å². The predicted molar refractivity (Wildman–Crippen MR) is 141 cm³/mol. The molecule has 0 aliphatic heterocycles. The van der Waals surface area contributed by atoms with Crippen LogP contribution in [0.1, 0.15) is 32.6 Å². The Labute approximate surface area is 207 Å². The second kappa shape index (κ2) is 12.0. The largest absolute Gasteiger partial charge is 0.508 e. The lowest BCUT2D eigenvalue weighted by Crippen LogP contribution is -2.11. The van der Waals surface area contributed by atoms with Crippen LogP contribution in [0.3, 0.4) is 0 Å². The highest BCUT2D eigenvalue weighted by atomic mass is 16.5.